The van der Waals surface area contributed by atoms with Crippen LogP contribution in [0.15, 0.2) is 24.3 Å². The van der Waals surface area contributed by atoms with Gasteiger partial charge in [0.1, 0.15) is 5.75 Å². The molecule has 18 heavy (non-hydrogen) atoms. The Morgan fingerprint density at radius 1 is 1.22 bits per heavy atom. The molecule has 1 atom stereocenters. The van der Waals surface area contributed by atoms with Crippen LogP contribution >= 0.6 is 0 Å². The molecule has 1 N–H and O–H groups in total. The number of nitrogens with one attached hydrogen (secondary N) is 1. The Kier molecular flexibility index (Phi) is 4.65. The zero-order chi connectivity index (χ0) is 13.0. The number of hydrogen-bond acceptors (Lipinski definition) is 2. The van der Waals surface area contributed by atoms with E-state index in [1.165, 1.54) is 24.9 Å². The topological polar surface area (TPSA) is 21.3 Å². The molecule has 2 nitrogen and oxygen atoms in total. The van der Waals surface area contributed by atoms with E-state index in [-0.39, 0.29) is 6.10 Å². The summed E-state index contributed by atoms with van der Waals surface area (Å²) in [4.78, 5) is 0. The smallest absolute Gasteiger partial charge is 0.119 e. The largest absolute Gasteiger partial charge is 0.491 e. The molecule has 1 unspecified atom stereocenters. The molecule has 2 heteroatoms. The lowest BCUT2D eigenvalue weighted by atomic mass is 10.0. The molecule has 0 heterocycles. The average molecular weight is 247 g/mol. The molecule has 0 radical (unpaired) electrons. The Morgan fingerprint density at radius 3 is 2.39 bits per heavy atom. The second kappa shape index (κ2) is 6.24. The van der Waals surface area contributed by atoms with Crippen molar-refractivity contribution in [2.24, 2.45) is 5.92 Å². The third-order valence-corrected chi connectivity index (χ3v) is 3.41. The maximum atomic E-state index is 5.67. The zero-order valence-corrected chi connectivity index (χ0v) is 11.8. The molecule has 2 rings (SSSR count). The highest BCUT2D eigenvalue weighted by atomic mass is 16.5. The molecule has 0 amide bonds. The monoisotopic (exact) mass is 247 g/mol. The van der Waals surface area contributed by atoms with Crippen LogP contribution in [0.25, 0.3) is 0 Å². The summed E-state index contributed by atoms with van der Waals surface area (Å²) in [5.41, 5.74) is 1.37. The molecule has 1 aliphatic carbocycles. The van der Waals surface area contributed by atoms with Gasteiger partial charge in [0.15, 0.2) is 0 Å². The predicted octanol–water partition coefficient (Wildman–Crippen LogP) is 3.92. The van der Waals surface area contributed by atoms with Gasteiger partial charge >= 0.3 is 0 Å². The normalized spacial score (nSPS) is 16.9. The summed E-state index contributed by atoms with van der Waals surface area (Å²) in [6.45, 7) is 7.52. The molecule has 0 aliphatic heterocycles. The Labute approximate surface area is 111 Å². The summed E-state index contributed by atoms with van der Waals surface area (Å²) >= 11 is 0. The lowest BCUT2D eigenvalue weighted by molar-refractivity contribution is 0.242. The van der Waals surface area contributed by atoms with Crippen LogP contribution in [0.3, 0.4) is 0 Å². The Bertz CT molecular complexity index is 354. The highest BCUT2D eigenvalue weighted by Gasteiger charge is 2.22. The van der Waals surface area contributed by atoms with Crippen LogP contribution < -0.4 is 10.1 Å². The summed E-state index contributed by atoms with van der Waals surface area (Å²) in [7, 11) is 0. The molecular weight excluding hydrogens is 222 g/mol. The first-order valence-corrected chi connectivity index (χ1v) is 7.19. The van der Waals surface area contributed by atoms with E-state index < -0.39 is 0 Å². The van der Waals surface area contributed by atoms with E-state index in [9.17, 15) is 0 Å². The van der Waals surface area contributed by atoms with Crippen LogP contribution in [-0.2, 0) is 0 Å². The molecule has 1 saturated carbocycles. The number of benzene rings is 1. The van der Waals surface area contributed by atoms with E-state index in [1.807, 2.05) is 0 Å². The van der Waals surface area contributed by atoms with Crippen molar-refractivity contribution in [1.29, 1.82) is 0 Å². The first-order chi connectivity index (χ1) is 8.69. The second-order valence-corrected chi connectivity index (χ2v) is 5.55. The molecule has 1 aliphatic rings. The van der Waals surface area contributed by atoms with Crippen LogP contribution in [0, 0.1) is 5.92 Å². The maximum Gasteiger partial charge on any atom is 0.119 e. The van der Waals surface area contributed by atoms with E-state index in [2.05, 4.69) is 50.4 Å². The standard InChI is InChI=1S/C16H25NO/c1-4-16(17-11-13-5-6-13)14-7-9-15(10-8-14)18-12(2)3/h7-10,12-13,16-17H,4-6,11H2,1-3H3. The van der Waals surface area contributed by atoms with E-state index in [1.54, 1.807) is 0 Å². The highest BCUT2D eigenvalue weighted by Crippen LogP contribution is 2.29. The van der Waals surface area contributed by atoms with Crippen molar-refractivity contribution in [3.8, 4) is 5.75 Å². The van der Waals surface area contributed by atoms with E-state index in [0.29, 0.717) is 6.04 Å². The first-order valence-electron chi connectivity index (χ1n) is 7.19. The van der Waals surface area contributed by atoms with Gasteiger partial charge in [0.2, 0.25) is 0 Å². The minimum absolute atomic E-state index is 0.241. The fourth-order valence-corrected chi connectivity index (χ4v) is 2.18. The van der Waals surface area contributed by atoms with Gasteiger partial charge in [-0.3, -0.25) is 0 Å². The van der Waals surface area contributed by atoms with Crippen LogP contribution in [0.1, 0.15) is 51.6 Å². The molecule has 100 valence electrons. The van der Waals surface area contributed by atoms with Crippen LogP contribution in [0.5, 0.6) is 5.75 Å². The van der Waals surface area contributed by atoms with Gasteiger partial charge in [-0.1, -0.05) is 19.1 Å². The quantitative estimate of drug-likeness (QED) is 0.788. The fraction of sp³-hybridized carbons (Fsp3) is 0.625. The number of rotatable bonds is 7. The predicted molar refractivity (Wildman–Crippen MR) is 76.0 cm³/mol. The van der Waals surface area contributed by atoms with Crippen molar-refractivity contribution in [3.05, 3.63) is 29.8 Å². The molecule has 1 aromatic rings. The number of hydrogen-bond donors (Lipinski definition) is 1. The molecule has 1 fully saturated rings. The summed E-state index contributed by atoms with van der Waals surface area (Å²) in [6.07, 6.45) is 4.19. The molecule has 0 saturated heterocycles. The molecule has 0 bridgehead atoms. The van der Waals surface area contributed by atoms with Gasteiger partial charge in [0, 0.05) is 6.04 Å². The van der Waals surface area contributed by atoms with Crippen molar-refractivity contribution in [2.75, 3.05) is 6.54 Å². The minimum Gasteiger partial charge on any atom is -0.491 e. The molecular formula is C16H25NO. The van der Waals surface area contributed by atoms with Crippen molar-refractivity contribution in [2.45, 2.75) is 52.2 Å². The van der Waals surface area contributed by atoms with Gasteiger partial charge in [0.05, 0.1) is 6.10 Å². The Balaban J connectivity index is 1.92. The van der Waals surface area contributed by atoms with Gasteiger partial charge in [-0.2, -0.15) is 0 Å². The van der Waals surface area contributed by atoms with E-state index >= 15 is 0 Å². The van der Waals surface area contributed by atoms with Gasteiger partial charge < -0.3 is 10.1 Å². The Morgan fingerprint density at radius 2 is 1.89 bits per heavy atom. The third kappa shape index (κ3) is 4.02. The van der Waals surface area contributed by atoms with Gasteiger partial charge in [0.25, 0.3) is 0 Å². The molecule has 1 aromatic carbocycles. The van der Waals surface area contributed by atoms with Crippen molar-refractivity contribution < 1.29 is 4.74 Å². The van der Waals surface area contributed by atoms with Crippen LogP contribution in [-0.4, -0.2) is 12.6 Å². The third-order valence-electron chi connectivity index (χ3n) is 3.41. The van der Waals surface area contributed by atoms with E-state index in [0.717, 1.165) is 18.1 Å². The SMILES string of the molecule is CCC(NCC1CC1)c1ccc(OC(C)C)cc1. The molecule has 0 aromatic heterocycles. The first kappa shape index (κ1) is 13.4. The summed E-state index contributed by atoms with van der Waals surface area (Å²) in [5, 5.41) is 3.67. The Hall–Kier alpha value is -1.02. The molecule has 0 spiro atoms. The van der Waals surface area contributed by atoms with Gasteiger partial charge in [-0.05, 0) is 63.3 Å². The van der Waals surface area contributed by atoms with E-state index in [4.69, 9.17) is 4.74 Å². The second-order valence-electron chi connectivity index (χ2n) is 5.55. The summed E-state index contributed by atoms with van der Waals surface area (Å²) in [5.74, 6) is 1.90. The lowest BCUT2D eigenvalue weighted by Gasteiger charge is -2.18. The fourth-order valence-electron chi connectivity index (χ4n) is 2.18. The number of ether oxygens (including phenoxy) is 1. The zero-order valence-electron chi connectivity index (χ0n) is 11.8. The van der Waals surface area contributed by atoms with Crippen molar-refractivity contribution in [1.82, 2.24) is 5.32 Å². The minimum atomic E-state index is 0.241. The van der Waals surface area contributed by atoms with Crippen LogP contribution in [0.4, 0.5) is 0 Å². The average Bonchev–Trinajstić information content (AvgIpc) is 3.15. The maximum absolute atomic E-state index is 5.67. The highest BCUT2D eigenvalue weighted by molar-refractivity contribution is 5.29. The summed E-state index contributed by atoms with van der Waals surface area (Å²) < 4.78 is 5.67. The van der Waals surface area contributed by atoms with Crippen molar-refractivity contribution >= 4 is 0 Å². The van der Waals surface area contributed by atoms with Gasteiger partial charge in [-0.15, -0.1) is 0 Å². The lowest BCUT2D eigenvalue weighted by Crippen LogP contribution is -2.23. The summed E-state index contributed by atoms with van der Waals surface area (Å²) in [6, 6.07) is 9.02. The van der Waals surface area contributed by atoms with Crippen molar-refractivity contribution in [3.63, 3.8) is 0 Å². The van der Waals surface area contributed by atoms with Crippen LogP contribution in [0.2, 0.25) is 0 Å². The van der Waals surface area contributed by atoms with Gasteiger partial charge in [-0.25, -0.2) is 0 Å².